The molecule has 2 heterocycles. The van der Waals surface area contributed by atoms with Crippen molar-refractivity contribution in [3.8, 4) is 0 Å². The van der Waals surface area contributed by atoms with Crippen LogP contribution in [-0.4, -0.2) is 110 Å². The van der Waals surface area contributed by atoms with Crippen molar-refractivity contribution in [2.45, 2.75) is 50.0 Å². The van der Waals surface area contributed by atoms with E-state index in [1.807, 2.05) is 37.3 Å². The van der Waals surface area contributed by atoms with Crippen molar-refractivity contribution in [3.05, 3.63) is 87.2 Å². The van der Waals surface area contributed by atoms with Crippen LogP contribution in [0.3, 0.4) is 0 Å². The lowest BCUT2D eigenvalue weighted by Gasteiger charge is -2.42. The Morgan fingerprint density at radius 3 is 2.38 bits per heavy atom. The number of amides is 2. The smallest absolute Gasteiger partial charge is 0.316 e. The van der Waals surface area contributed by atoms with Gasteiger partial charge in [-0.25, -0.2) is 0 Å². The number of carbonyl (C=O) groups excluding carboxylic acids is 3. The van der Waals surface area contributed by atoms with Gasteiger partial charge in [0.2, 0.25) is 12.8 Å². The lowest BCUT2D eigenvalue weighted by molar-refractivity contribution is -0.384. The van der Waals surface area contributed by atoms with E-state index in [9.17, 15) is 24.5 Å². The van der Waals surface area contributed by atoms with Crippen molar-refractivity contribution < 1.29 is 28.8 Å². The standard InChI is InChI=1S/C35H46N6O7/c1-4-29-32(38(2)24-42)31(26-11-13-28(14-12-26)41(45)46)33(30(37-29)23-48-22-17-36)40(25-43)19-8-18-39-20-15-35(16-21-39,34(44)47-3)27-9-6-5-7-10-27/h5-7,9-14,24-25,31-32H,4,8,15-23,36H2,1-3H3. The van der Waals surface area contributed by atoms with Gasteiger partial charge in [-0.3, -0.25) is 29.5 Å². The third-order valence-corrected chi connectivity index (χ3v) is 9.38. The van der Waals surface area contributed by atoms with E-state index in [0.29, 0.717) is 82.0 Å². The van der Waals surface area contributed by atoms with E-state index in [1.165, 1.54) is 24.1 Å². The first kappa shape index (κ1) is 36.4. The van der Waals surface area contributed by atoms with Gasteiger partial charge in [0.1, 0.15) is 0 Å². The van der Waals surface area contributed by atoms with E-state index in [1.54, 1.807) is 24.1 Å². The number of non-ortho nitro benzene ring substituents is 1. The number of carbonyl (C=O) groups is 3. The molecule has 13 heteroatoms. The van der Waals surface area contributed by atoms with E-state index in [0.717, 1.165) is 24.1 Å². The molecule has 48 heavy (non-hydrogen) atoms. The van der Waals surface area contributed by atoms with Gasteiger partial charge in [0, 0.05) is 38.0 Å². The second kappa shape index (κ2) is 17.1. The molecule has 2 amide bonds. The van der Waals surface area contributed by atoms with Crippen LogP contribution < -0.4 is 5.73 Å². The van der Waals surface area contributed by atoms with Gasteiger partial charge in [0.25, 0.3) is 5.69 Å². The Balaban J connectivity index is 1.61. The molecule has 2 aliphatic heterocycles. The number of nitrogens with two attached hydrogens (primary N) is 1. The third-order valence-electron chi connectivity index (χ3n) is 9.38. The molecule has 2 atom stereocenters. The second-order valence-corrected chi connectivity index (χ2v) is 12.1. The van der Waals surface area contributed by atoms with Crippen molar-refractivity contribution in [3.63, 3.8) is 0 Å². The number of benzene rings is 2. The van der Waals surface area contributed by atoms with Gasteiger partial charge in [0.15, 0.2) is 0 Å². The normalized spacial score (nSPS) is 19.3. The SMILES string of the molecule is CCC1=NC(COCCN)=C(N(C=O)CCCN2CCC(C(=O)OC)(c3ccccc3)CC2)C(c2ccc([N+](=O)[O-])cc2)C1N(C)C=O. The molecule has 0 radical (unpaired) electrons. The molecular weight excluding hydrogens is 616 g/mol. The molecular formula is C35H46N6O7. The molecule has 2 N–H and O–H groups in total. The van der Waals surface area contributed by atoms with E-state index in [-0.39, 0.29) is 18.3 Å². The number of likely N-dealkylation sites (N-methyl/N-ethyl adjacent to an activating group) is 1. The first-order valence-corrected chi connectivity index (χ1v) is 16.3. The number of methoxy groups -OCH3 is 1. The molecule has 258 valence electrons. The summed E-state index contributed by atoms with van der Waals surface area (Å²) in [6, 6.07) is 15.4. The van der Waals surface area contributed by atoms with Gasteiger partial charge in [-0.15, -0.1) is 0 Å². The van der Waals surface area contributed by atoms with Crippen LogP contribution in [0.15, 0.2) is 71.0 Å². The molecule has 1 saturated heterocycles. The highest BCUT2D eigenvalue weighted by Gasteiger charge is 2.44. The van der Waals surface area contributed by atoms with Crippen LogP contribution in [0.2, 0.25) is 0 Å². The van der Waals surface area contributed by atoms with Crippen LogP contribution in [0.4, 0.5) is 5.69 Å². The highest BCUT2D eigenvalue weighted by Crippen LogP contribution is 2.40. The number of hydrogen-bond acceptors (Lipinski definition) is 10. The third kappa shape index (κ3) is 7.97. The number of likely N-dealkylation sites (tertiary alicyclic amines) is 1. The van der Waals surface area contributed by atoms with E-state index < -0.39 is 22.3 Å². The Hall–Kier alpha value is -4.46. The Morgan fingerprint density at radius 2 is 1.81 bits per heavy atom. The first-order valence-electron chi connectivity index (χ1n) is 16.3. The van der Waals surface area contributed by atoms with Crippen LogP contribution in [0.25, 0.3) is 0 Å². The fourth-order valence-corrected chi connectivity index (χ4v) is 6.90. The Labute approximate surface area is 281 Å². The zero-order chi connectivity index (χ0) is 34.7. The quantitative estimate of drug-likeness (QED) is 0.0882. The summed E-state index contributed by atoms with van der Waals surface area (Å²) in [5.74, 6) is -0.773. The van der Waals surface area contributed by atoms with Crippen molar-refractivity contribution in [2.75, 3.05) is 60.1 Å². The lowest BCUT2D eigenvalue weighted by atomic mass is 9.72. The van der Waals surface area contributed by atoms with Crippen LogP contribution in [-0.2, 0) is 29.3 Å². The van der Waals surface area contributed by atoms with Gasteiger partial charge in [0.05, 0.1) is 54.0 Å². The number of hydrogen-bond donors (Lipinski definition) is 1. The fourth-order valence-electron chi connectivity index (χ4n) is 6.90. The van der Waals surface area contributed by atoms with Gasteiger partial charge in [-0.1, -0.05) is 49.4 Å². The average Bonchev–Trinajstić information content (AvgIpc) is 3.13. The molecule has 1 fully saturated rings. The summed E-state index contributed by atoms with van der Waals surface area (Å²) < 4.78 is 11.1. The first-order chi connectivity index (χ1) is 23.2. The van der Waals surface area contributed by atoms with E-state index in [4.69, 9.17) is 20.2 Å². The van der Waals surface area contributed by atoms with Crippen molar-refractivity contribution >= 4 is 30.2 Å². The highest BCUT2D eigenvalue weighted by atomic mass is 16.6. The Kier molecular flexibility index (Phi) is 13.0. The number of rotatable bonds is 17. The van der Waals surface area contributed by atoms with Gasteiger partial charge in [-0.05, 0) is 56.4 Å². The molecule has 2 aromatic carbocycles. The number of nitro benzene ring substituents is 1. The molecule has 0 aromatic heterocycles. The lowest BCUT2D eigenvalue weighted by Crippen LogP contribution is -2.49. The maximum Gasteiger partial charge on any atom is 0.316 e. The Morgan fingerprint density at radius 1 is 1.12 bits per heavy atom. The second-order valence-electron chi connectivity index (χ2n) is 12.1. The minimum absolute atomic E-state index is 0.0616. The van der Waals surface area contributed by atoms with Crippen molar-refractivity contribution in [1.82, 2.24) is 14.7 Å². The van der Waals surface area contributed by atoms with E-state index in [2.05, 4.69) is 4.90 Å². The molecule has 2 aromatic rings. The molecule has 2 unspecified atom stereocenters. The topological polar surface area (TPSA) is 161 Å². The largest absolute Gasteiger partial charge is 0.468 e. The van der Waals surface area contributed by atoms with Crippen LogP contribution in [0, 0.1) is 10.1 Å². The molecule has 13 nitrogen and oxygen atoms in total. The summed E-state index contributed by atoms with van der Waals surface area (Å²) in [5.41, 5.74) is 8.46. The number of nitro groups is 1. The fraction of sp³-hybridized carbons (Fsp3) is 0.486. The maximum atomic E-state index is 13.0. The van der Waals surface area contributed by atoms with Gasteiger partial charge >= 0.3 is 5.97 Å². The number of piperidine rings is 1. The molecule has 0 aliphatic carbocycles. The molecule has 0 bridgehead atoms. The number of esters is 1. The molecule has 2 aliphatic rings. The highest BCUT2D eigenvalue weighted by molar-refractivity contribution is 5.94. The minimum Gasteiger partial charge on any atom is -0.468 e. The number of aliphatic imine (C=N–C) groups is 1. The van der Waals surface area contributed by atoms with Crippen LogP contribution in [0.1, 0.15) is 49.7 Å². The van der Waals surface area contributed by atoms with Gasteiger partial charge < -0.3 is 29.9 Å². The number of nitrogens with zero attached hydrogens (tertiary/aromatic N) is 5. The van der Waals surface area contributed by atoms with Crippen molar-refractivity contribution in [1.29, 1.82) is 0 Å². The van der Waals surface area contributed by atoms with Gasteiger partial charge in [-0.2, -0.15) is 0 Å². The average molecular weight is 663 g/mol. The predicted molar refractivity (Wildman–Crippen MR) is 181 cm³/mol. The number of ether oxygens (including phenoxy) is 2. The zero-order valence-corrected chi connectivity index (χ0v) is 28.0. The molecule has 0 spiro atoms. The summed E-state index contributed by atoms with van der Waals surface area (Å²) in [6.45, 7) is 5.07. The summed E-state index contributed by atoms with van der Waals surface area (Å²) in [7, 11) is 3.09. The minimum atomic E-state index is -0.695. The monoisotopic (exact) mass is 662 g/mol. The molecule has 4 rings (SSSR count). The summed E-state index contributed by atoms with van der Waals surface area (Å²) in [5, 5.41) is 11.4. The van der Waals surface area contributed by atoms with E-state index >= 15 is 0 Å². The maximum absolute atomic E-state index is 13.0. The summed E-state index contributed by atoms with van der Waals surface area (Å²) >= 11 is 0. The van der Waals surface area contributed by atoms with Crippen LogP contribution in [0.5, 0.6) is 0 Å². The van der Waals surface area contributed by atoms with Crippen molar-refractivity contribution in [2.24, 2.45) is 10.7 Å². The van der Waals surface area contributed by atoms with Crippen LogP contribution >= 0.6 is 0 Å². The Bertz CT molecular complexity index is 1470. The molecule has 0 saturated carbocycles. The summed E-state index contributed by atoms with van der Waals surface area (Å²) in [6.07, 6.45) is 3.89. The summed E-state index contributed by atoms with van der Waals surface area (Å²) in [4.78, 5) is 59.4. The predicted octanol–water partition coefficient (Wildman–Crippen LogP) is 3.24. The zero-order valence-electron chi connectivity index (χ0n) is 28.0.